The monoisotopic (exact) mass is 2100 g/mol. The summed E-state index contributed by atoms with van der Waals surface area (Å²) in [6.07, 6.45) is 14.0. The molecule has 6 heterocycles. The Morgan fingerprint density at radius 1 is 0.424 bits per heavy atom. The topological polar surface area (TPSA) is 713 Å². The van der Waals surface area contributed by atoms with Crippen LogP contribution in [0.15, 0.2) is 84.9 Å². The molecule has 0 saturated heterocycles. The average molecular weight is 2100 g/mol. The first-order chi connectivity index (χ1) is 63.1. The van der Waals surface area contributed by atoms with E-state index in [9.17, 15) is 15.3 Å². The predicted octanol–water partition coefficient (Wildman–Crippen LogP) is 15.0. The van der Waals surface area contributed by atoms with Crippen LogP contribution in [0.25, 0.3) is 0 Å². The van der Waals surface area contributed by atoms with Crippen LogP contribution in [-0.2, 0) is 91.8 Å². The maximum absolute atomic E-state index is 10.4. The molecule has 0 spiro atoms. The zero-order valence-electron chi connectivity index (χ0n) is 84.4. The van der Waals surface area contributed by atoms with Gasteiger partial charge in [-0.15, -0.1) is 0 Å². The first kappa shape index (κ1) is 129. The van der Waals surface area contributed by atoms with E-state index >= 15 is 0 Å². The van der Waals surface area contributed by atoms with Crippen molar-refractivity contribution in [2.75, 3.05) is 137 Å². The summed E-state index contributed by atoms with van der Waals surface area (Å²) in [4.78, 5) is 14.5. The molecule has 0 radical (unpaired) electrons. The van der Waals surface area contributed by atoms with Crippen molar-refractivity contribution in [3.05, 3.63) is 141 Å². The van der Waals surface area contributed by atoms with Crippen molar-refractivity contribution in [2.24, 2.45) is 0 Å². The number of hydrogen-bond acceptors (Lipinski definition) is 29. The smallest absolute Gasteiger partial charge is 0.394 e. The van der Waals surface area contributed by atoms with Crippen LogP contribution in [0.2, 0.25) is 0 Å². The third kappa shape index (κ3) is 46.5. The maximum Gasteiger partial charge on any atom is 0.394 e. The first-order valence-electron chi connectivity index (χ1n) is 45.4. The molecule has 41 nitrogen and oxygen atoms in total. The van der Waals surface area contributed by atoms with Crippen molar-refractivity contribution >= 4 is 131 Å². The molecule has 0 saturated carbocycles. The van der Waals surface area contributed by atoms with Gasteiger partial charge in [-0.3, -0.25) is 54.6 Å². The first-order valence-corrected chi connectivity index (χ1v) is 53.7. The van der Waals surface area contributed by atoms with Crippen LogP contribution < -0.4 is 63.8 Å². The highest BCUT2D eigenvalue weighted by atomic mass is 32.3. The SMILES string of the molecule is CCCN1CCC(C)(C)c2cc(N)ccc21.CCCN1c2cc(C)c(N)cc2CCC1(C)C.CCCN1c2ccc(N)cc2CCC1(C)C.CCCOCC1CC(C)(C)N(CCCO)c2cc(C)c(N)cc21.Cc1cc2c(cc1N)C(C)C(O)C(C)(C)N2C.Cc1cc2c(cc1N)CCC(C)(C)N2CCC(O)CO.O=S(=O)(O)O.O=S(=O)(O)O.O=S(=O)(O)O.O=S(=O)(O)O.O=S(=O)(O)O.O=S(=O)(O)O.[HH].[HH].[HH].[HH].[HH].[HH]. The molecule has 810 valence electrons. The average Bonchev–Trinajstić information content (AvgIpc) is 0.743. The number of nitrogens with two attached hydrogens (primary N) is 6. The van der Waals surface area contributed by atoms with Gasteiger partial charge >= 0.3 is 62.4 Å². The van der Waals surface area contributed by atoms with Gasteiger partial charge in [-0.1, -0.05) is 48.5 Å². The van der Waals surface area contributed by atoms with E-state index in [1.165, 1.54) is 106 Å². The van der Waals surface area contributed by atoms with Crippen LogP contribution in [0.4, 0.5) is 68.2 Å². The fourth-order valence-electron chi connectivity index (χ4n) is 17.1. The fourth-order valence-corrected chi connectivity index (χ4v) is 17.1. The largest absolute Gasteiger partial charge is 0.399 e. The summed E-state index contributed by atoms with van der Waals surface area (Å²) in [6.45, 7) is 54.0. The number of nitrogens with zero attached hydrogens (tertiary/aromatic N) is 6. The molecule has 12 rings (SSSR count). The standard InChI is InChI=1S/C19H32N2O2.C16H26N2O2.C15H24N2.C14H22N2O.2C14H22N2.6H2O4S.6H2/c1-5-9-23-13-15-12-19(3,4)21(7-6-8-22)18-10-14(2)17(20)11-16(15)18;1-11-8-15-12(9-14(11)17)4-6-16(2,3)18(15)7-5-13(20)10-19;1-5-8-17-14-9-11(2)13(16)10-12(14)6-7-15(17,3)4;1-8-6-12-10(7-11(8)15)9(2)13(17)14(3,4)16(12)5;1-4-9-16-13-6-5-12(15)10-11(13)7-8-14(16,2)3;1-4-8-16-9-7-14(2,3)12-10-11(15)5-6-13(12)16;6*1-5(2,3)4;;;;;;/h10-11,15,22H,5-9,12-13,20H2,1-4H3;8-9,13,19-20H,4-7,10,17H2,1-3H3;9-10H,5-8,16H2,1-4H3;6-7,9,13,17H,15H2,1-5H3;2*5-6,10H,4,7-9,15H2,1-3H3;6*(H2,1,2,3,4);6*1H. The quantitative estimate of drug-likeness (QED) is 0.0229. The Balaban J connectivity index is -0.000000376. The zero-order chi connectivity index (χ0) is 108. The summed E-state index contributed by atoms with van der Waals surface area (Å²) in [5, 5.41) is 38.2. The minimum Gasteiger partial charge on any atom is -0.399 e. The number of aliphatic hydroxyl groups excluding tert-OH is 4. The van der Waals surface area contributed by atoms with Gasteiger partial charge in [0.05, 0.1) is 31.0 Å². The number of ether oxygens (including phenoxy) is 1. The third-order valence-electron chi connectivity index (χ3n) is 24.7. The van der Waals surface area contributed by atoms with Gasteiger partial charge in [0, 0.05) is 170 Å². The molecule has 4 unspecified atom stereocenters. The van der Waals surface area contributed by atoms with Crippen LogP contribution in [0.5, 0.6) is 0 Å². The fraction of sp³-hybridized carbons (Fsp3) is 0.609. The van der Waals surface area contributed by atoms with Gasteiger partial charge in [-0.2, -0.15) is 50.5 Å². The van der Waals surface area contributed by atoms with Gasteiger partial charge in [-0.05, 0) is 333 Å². The third-order valence-corrected chi connectivity index (χ3v) is 24.7. The molecular weight excluding hydrogens is 1930 g/mol. The van der Waals surface area contributed by atoms with Gasteiger partial charge in [0.2, 0.25) is 0 Å². The van der Waals surface area contributed by atoms with Gasteiger partial charge in [-0.25, -0.2) is 0 Å². The highest BCUT2D eigenvalue weighted by Gasteiger charge is 2.44. The van der Waals surface area contributed by atoms with E-state index in [0.29, 0.717) is 12.3 Å². The molecule has 4 atom stereocenters. The molecule has 6 aromatic carbocycles. The van der Waals surface area contributed by atoms with Gasteiger partial charge in [0.15, 0.2) is 0 Å². The number of aryl methyl sites for hydroxylation is 7. The van der Waals surface area contributed by atoms with Gasteiger partial charge in [0.25, 0.3) is 0 Å². The maximum atomic E-state index is 10.4. The number of fused-ring (bicyclic) bond motifs is 6. The lowest BCUT2D eigenvalue weighted by atomic mass is 9.77. The Morgan fingerprint density at radius 3 is 1.16 bits per heavy atom. The summed E-state index contributed by atoms with van der Waals surface area (Å²) in [6, 6.07) is 29.8. The molecule has 0 fully saturated rings. The molecule has 0 aromatic heterocycles. The van der Waals surface area contributed by atoms with Crippen LogP contribution in [0.1, 0.15) is 264 Å². The van der Waals surface area contributed by atoms with Crippen molar-refractivity contribution in [2.45, 2.75) is 292 Å². The minimum absolute atomic E-state index is 0. The molecular formula is C92H172N12O29S6. The number of benzene rings is 6. The Morgan fingerprint density at radius 2 is 0.770 bits per heavy atom. The summed E-state index contributed by atoms with van der Waals surface area (Å²) in [5.74, 6) is 0.485. The number of anilines is 12. The van der Waals surface area contributed by atoms with Crippen molar-refractivity contribution in [3.63, 3.8) is 0 Å². The molecule has 0 aliphatic carbocycles. The summed E-state index contributed by atoms with van der Waals surface area (Å²) < 4.78 is 195. The highest BCUT2D eigenvalue weighted by Crippen LogP contribution is 2.49. The van der Waals surface area contributed by atoms with Crippen LogP contribution in [-0.4, -0.2) is 238 Å². The Kier molecular flexibility index (Phi) is 50.6. The van der Waals surface area contributed by atoms with Gasteiger partial charge < -0.3 is 89.0 Å². The second-order valence-corrected chi connectivity index (χ2v) is 44.0. The predicted molar refractivity (Wildman–Crippen MR) is 568 cm³/mol. The second-order valence-electron chi connectivity index (χ2n) is 38.7. The molecule has 6 aliphatic rings. The molecule has 47 heteroatoms. The number of rotatable bonds is 17. The summed E-state index contributed by atoms with van der Waals surface area (Å²) in [5.41, 5.74) is 62.0. The van der Waals surface area contributed by atoms with Crippen LogP contribution in [0, 0.1) is 27.7 Å². The summed E-state index contributed by atoms with van der Waals surface area (Å²) in [7, 11) is -26.0. The molecule has 0 amide bonds. The van der Waals surface area contributed by atoms with Crippen molar-refractivity contribution in [1.29, 1.82) is 0 Å². The summed E-state index contributed by atoms with van der Waals surface area (Å²) >= 11 is 0. The van der Waals surface area contributed by atoms with E-state index in [0.717, 1.165) is 154 Å². The Labute approximate surface area is 834 Å². The molecule has 6 aromatic rings. The molecule has 139 heavy (non-hydrogen) atoms. The molecule has 6 aliphatic heterocycles. The van der Waals surface area contributed by atoms with E-state index in [1.54, 1.807) is 0 Å². The van der Waals surface area contributed by atoms with E-state index in [2.05, 4.69) is 228 Å². The van der Waals surface area contributed by atoms with E-state index < -0.39 is 68.5 Å². The zero-order valence-corrected chi connectivity index (χ0v) is 89.3. The minimum atomic E-state index is -4.67. The molecule has 0 bridgehead atoms. The van der Waals surface area contributed by atoms with E-state index in [4.69, 9.17) is 149 Å². The second kappa shape index (κ2) is 54.6. The number of hydrogen-bond donors (Lipinski definition) is 22. The van der Waals surface area contributed by atoms with E-state index in [-0.39, 0.29) is 66.9 Å². The Bertz CT molecular complexity index is 5400. The Hall–Kier alpha value is -8.06. The number of aliphatic hydroxyl groups is 4. The lowest BCUT2D eigenvalue weighted by molar-refractivity contribution is 0.0724. The lowest BCUT2D eigenvalue weighted by Gasteiger charge is -2.49. The number of nitrogen functional groups attached to an aromatic ring is 6. The normalized spacial score (nSPS) is 18.2. The van der Waals surface area contributed by atoms with Crippen LogP contribution in [0.3, 0.4) is 0 Å². The number of likely N-dealkylation sites (N-methyl/N-ethyl adjacent to an activating group) is 1. The van der Waals surface area contributed by atoms with E-state index in [1.807, 2.05) is 39.1 Å². The van der Waals surface area contributed by atoms with Crippen molar-refractivity contribution in [1.82, 2.24) is 0 Å². The van der Waals surface area contributed by atoms with Crippen molar-refractivity contribution < 1.29 is 139 Å². The lowest BCUT2D eigenvalue weighted by Crippen LogP contribution is -2.56. The van der Waals surface area contributed by atoms with Crippen molar-refractivity contribution in [3.8, 4) is 0 Å². The highest BCUT2D eigenvalue weighted by molar-refractivity contribution is 7.81. The van der Waals surface area contributed by atoms with Gasteiger partial charge in [0.1, 0.15) is 0 Å². The van der Waals surface area contributed by atoms with Crippen LogP contribution >= 0.6 is 0 Å². The molecule has 28 N–H and O–H groups in total.